The van der Waals surface area contributed by atoms with Crippen molar-refractivity contribution in [3.05, 3.63) is 52.3 Å². The molecule has 4 nitrogen and oxygen atoms in total. The third-order valence-corrected chi connectivity index (χ3v) is 3.83. The van der Waals surface area contributed by atoms with E-state index < -0.39 is 0 Å². The topological polar surface area (TPSA) is 62.0 Å². The number of aromatic nitrogens is 1. The molecule has 1 amide bonds. The minimum atomic E-state index is -0.228. The van der Waals surface area contributed by atoms with Gasteiger partial charge in [-0.3, -0.25) is 9.59 Å². The maximum absolute atomic E-state index is 12.5. The van der Waals surface area contributed by atoms with Gasteiger partial charge in [0.25, 0.3) is 5.91 Å². The van der Waals surface area contributed by atoms with Gasteiger partial charge in [0, 0.05) is 16.9 Å². The molecule has 1 heterocycles. The molecule has 1 aromatic heterocycles. The van der Waals surface area contributed by atoms with Crippen molar-refractivity contribution in [3.63, 3.8) is 0 Å². The first-order valence-corrected chi connectivity index (χ1v) is 7.42. The van der Waals surface area contributed by atoms with Crippen molar-refractivity contribution in [1.29, 1.82) is 0 Å². The molecule has 0 unspecified atom stereocenters. The highest BCUT2D eigenvalue weighted by Gasteiger charge is 2.19. The predicted molar refractivity (Wildman–Crippen MR) is 88.8 cm³/mol. The molecule has 0 saturated heterocycles. The van der Waals surface area contributed by atoms with E-state index in [4.69, 9.17) is 0 Å². The van der Waals surface area contributed by atoms with Crippen molar-refractivity contribution in [2.75, 3.05) is 5.32 Å². The number of hydrogen-bond acceptors (Lipinski definition) is 2. The number of nitrogens with one attached hydrogen (secondary N) is 2. The zero-order chi connectivity index (χ0) is 16.4. The fourth-order valence-corrected chi connectivity index (χ4v) is 2.67. The molecular weight excluding hydrogens is 276 g/mol. The Kier molecular flexibility index (Phi) is 4.50. The van der Waals surface area contributed by atoms with E-state index in [2.05, 4.69) is 24.1 Å². The Balaban J connectivity index is 2.28. The lowest BCUT2D eigenvalue weighted by molar-refractivity contribution is 0.101. The quantitative estimate of drug-likeness (QED) is 0.831. The monoisotopic (exact) mass is 298 g/mol. The third-order valence-electron chi connectivity index (χ3n) is 3.83. The van der Waals surface area contributed by atoms with Crippen LogP contribution in [0.4, 0.5) is 5.69 Å². The maximum Gasteiger partial charge on any atom is 0.272 e. The number of Topliss-reactive ketones (excluding diaryl/α,β-unsaturated/α-hetero) is 1. The Bertz CT molecular complexity index is 727. The number of benzene rings is 1. The second-order valence-electron chi connectivity index (χ2n) is 5.92. The first-order valence-electron chi connectivity index (χ1n) is 7.42. The van der Waals surface area contributed by atoms with Crippen molar-refractivity contribution in [3.8, 4) is 0 Å². The molecule has 1 aromatic carbocycles. The molecule has 0 aliphatic heterocycles. The van der Waals surface area contributed by atoms with E-state index in [1.807, 2.05) is 24.3 Å². The minimum Gasteiger partial charge on any atom is -0.354 e. The zero-order valence-electron chi connectivity index (χ0n) is 13.7. The molecule has 0 aliphatic rings. The summed E-state index contributed by atoms with van der Waals surface area (Å²) in [7, 11) is 0. The van der Waals surface area contributed by atoms with E-state index in [1.54, 1.807) is 13.8 Å². The van der Waals surface area contributed by atoms with Gasteiger partial charge >= 0.3 is 0 Å². The number of H-pyrrole nitrogens is 1. The molecule has 2 rings (SSSR count). The average molecular weight is 298 g/mol. The van der Waals surface area contributed by atoms with Crippen LogP contribution >= 0.6 is 0 Å². The van der Waals surface area contributed by atoms with Crippen molar-refractivity contribution >= 4 is 17.4 Å². The van der Waals surface area contributed by atoms with E-state index in [0.29, 0.717) is 22.7 Å². The molecule has 0 aliphatic carbocycles. The number of ketones is 1. The van der Waals surface area contributed by atoms with Gasteiger partial charge in [-0.1, -0.05) is 26.0 Å². The Morgan fingerprint density at radius 3 is 2.41 bits per heavy atom. The fourth-order valence-electron chi connectivity index (χ4n) is 2.67. The molecule has 0 saturated carbocycles. The largest absolute Gasteiger partial charge is 0.354 e. The summed E-state index contributed by atoms with van der Waals surface area (Å²) in [6, 6.07) is 7.80. The minimum absolute atomic E-state index is 0.0351. The van der Waals surface area contributed by atoms with Crippen LogP contribution in [0.3, 0.4) is 0 Å². The highest BCUT2D eigenvalue weighted by Crippen LogP contribution is 2.22. The lowest BCUT2D eigenvalue weighted by atomic mass is 10.0. The molecule has 0 bridgehead atoms. The molecule has 4 heteroatoms. The van der Waals surface area contributed by atoms with Crippen LogP contribution < -0.4 is 5.32 Å². The second-order valence-corrected chi connectivity index (χ2v) is 5.92. The van der Waals surface area contributed by atoms with Gasteiger partial charge in [-0.25, -0.2) is 0 Å². The van der Waals surface area contributed by atoms with Crippen molar-refractivity contribution < 1.29 is 9.59 Å². The Morgan fingerprint density at radius 2 is 1.86 bits per heavy atom. The van der Waals surface area contributed by atoms with Crippen molar-refractivity contribution in [2.45, 2.75) is 40.5 Å². The molecule has 0 spiro atoms. The fraction of sp³-hybridized carbons (Fsp3) is 0.333. The SMILES string of the molecule is CC(=O)c1c(C)[nH]c(C(=O)Nc2cccc(C(C)C)c2)c1C. The zero-order valence-corrected chi connectivity index (χ0v) is 13.7. The van der Waals surface area contributed by atoms with E-state index in [1.165, 1.54) is 12.5 Å². The predicted octanol–water partition coefficient (Wildman–Crippen LogP) is 4.21. The number of carbonyl (C=O) groups is 2. The summed E-state index contributed by atoms with van der Waals surface area (Å²) < 4.78 is 0. The molecule has 0 atom stereocenters. The van der Waals surface area contributed by atoms with Gasteiger partial charge in [0.15, 0.2) is 5.78 Å². The number of amides is 1. The van der Waals surface area contributed by atoms with Crippen LogP contribution in [0, 0.1) is 13.8 Å². The van der Waals surface area contributed by atoms with E-state index in [-0.39, 0.29) is 11.7 Å². The summed E-state index contributed by atoms with van der Waals surface area (Å²) >= 11 is 0. The van der Waals surface area contributed by atoms with E-state index >= 15 is 0 Å². The highest BCUT2D eigenvalue weighted by molar-refractivity contribution is 6.07. The summed E-state index contributed by atoms with van der Waals surface area (Å²) in [5.41, 5.74) is 4.39. The first kappa shape index (κ1) is 16.0. The maximum atomic E-state index is 12.5. The van der Waals surface area contributed by atoms with Crippen LogP contribution in [0.25, 0.3) is 0 Å². The van der Waals surface area contributed by atoms with Crippen LogP contribution in [0.1, 0.15) is 64.4 Å². The van der Waals surface area contributed by atoms with Crippen molar-refractivity contribution in [2.24, 2.45) is 0 Å². The molecule has 0 fully saturated rings. The van der Waals surface area contributed by atoms with Gasteiger partial charge in [0.05, 0.1) is 0 Å². The van der Waals surface area contributed by atoms with Crippen LogP contribution in [-0.2, 0) is 0 Å². The Labute approximate surface area is 130 Å². The Morgan fingerprint density at radius 1 is 1.18 bits per heavy atom. The van der Waals surface area contributed by atoms with Gasteiger partial charge in [-0.05, 0) is 49.9 Å². The molecule has 116 valence electrons. The summed E-state index contributed by atoms with van der Waals surface area (Å²) in [4.78, 5) is 27.1. The van der Waals surface area contributed by atoms with Gasteiger partial charge in [-0.2, -0.15) is 0 Å². The highest BCUT2D eigenvalue weighted by atomic mass is 16.2. The van der Waals surface area contributed by atoms with Crippen LogP contribution in [-0.4, -0.2) is 16.7 Å². The number of carbonyl (C=O) groups excluding carboxylic acids is 2. The van der Waals surface area contributed by atoms with Gasteiger partial charge < -0.3 is 10.3 Å². The molecular formula is C18H22N2O2. The number of anilines is 1. The van der Waals surface area contributed by atoms with E-state index in [0.717, 1.165) is 11.4 Å². The van der Waals surface area contributed by atoms with E-state index in [9.17, 15) is 9.59 Å². The molecule has 22 heavy (non-hydrogen) atoms. The standard InChI is InChI=1S/C18H22N2O2/c1-10(2)14-7-6-8-15(9-14)20-18(22)17-11(3)16(13(5)21)12(4)19-17/h6-10,19H,1-5H3,(H,20,22). The third kappa shape index (κ3) is 3.11. The molecule has 2 N–H and O–H groups in total. The van der Waals surface area contributed by atoms with Gasteiger partial charge in [0.2, 0.25) is 0 Å². The van der Waals surface area contributed by atoms with Gasteiger partial charge in [-0.15, -0.1) is 0 Å². The Hall–Kier alpha value is -2.36. The summed E-state index contributed by atoms with van der Waals surface area (Å²) in [5, 5.41) is 2.89. The number of hydrogen-bond donors (Lipinski definition) is 2. The average Bonchev–Trinajstić information content (AvgIpc) is 2.74. The smallest absolute Gasteiger partial charge is 0.272 e. The van der Waals surface area contributed by atoms with Gasteiger partial charge in [0.1, 0.15) is 5.69 Å². The van der Waals surface area contributed by atoms with Crippen LogP contribution in [0.5, 0.6) is 0 Å². The second kappa shape index (κ2) is 6.18. The number of aromatic amines is 1. The van der Waals surface area contributed by atoms with Crippen LogP contribution in [0.15, 0.2) is 24.3 Å². The molecule has 0 radical (unpaired) electrons. The lowest BCUT2D eigenvalue weighted by Crippen LogP contribution is -2.14. The molecule has 2 aromatic rings. The lowest BCUT2D eigenvalue weighted by Gasteiger charge is -2.09. The van der Waals surface area contributed by atoms with Crippen molar-refractivity contribution in [1.82, 2.24) is 4.98 Å². The summed E-state index contributed by atoms with van der Waals surface area (Å²) in [5.74, 6) is 0.136. The van der Waals surface area contributed by atoms with Crippen LogP contribution in [0.2, 0.25) is 0 Å². The number of aryl methyl sites for hydroxylation is 1. The summed E-state index contributed by atoms with van der Waals surface area (Å²) in [6.45, 7) is 9.33. The number of rotatable bonds is 4. The first-order chi connectivity index (χ1) is 10.3. The summed E-state index contributed by atoms with van der Waals surface area (Å²) in [6.07, 6.45) is 0. The normalized spacial score (nSPS) is 10.8.